The second-order valence-corrected chi connectivity index (χ2v) is 7.56. The van der Waals surface area contributed by atoms with Gasteiger partial charge in [0.05, 0.1) is 18.9 Å². The average Bonchev–Trinajstić information content (AvgIpc) is 2.57. The lowest BCUT2D eigenvalue weighted by molar-refractivity contribution is -0.139. The van der Waals surface area contributed by atoms with E-state index < -0.39 is 36.4 Å². The fourth-order valence-corrected chi connectivity index (χ4v) is 2.69. The van der Waals surface area contributed by atoms with Crippen molar-refractivity contribution >= 4 is 29.4 Å². The summed E-state index contributed by atoms with van der Waals surface area (Å²) in [7, 11) is 0. The molecule has 0 radical (unpaired) electrons. The highest BCUT2D eigenvalue weighted by Gasteiger charge is 2.38. The van der Waals surface area contributed by atoms with Crippen LogP contribution in [0.4, 0.5) is 23.8 Å². The lowest BCUT2D eigenvalue weighted by atomic mass is 10.1. The van der Waals surface area contributed by atoms with E-state index in [0.717, 1.165) is 0 Å². The van der Waals surface area contributed by atoms with Gasteiger partial charge in [-0.1, -0.05) is 11.6 Å². The van der Waals surface area contributed by atoms with Gasteiger partial charge in [0.15, 0.2) is 0 Å². The van der Waals surface area contributed by atoms with Crippen molar-refractivity contribution in [3.05, 3.63) is 17.5 Å². The zero-order valence-electron chi connectivity index (χ0n) is 15.6. The number of nitrogens with one attached hydrogen (secondary N) is 1. The zero-order chi connectivity index (χ0) is 21.1. The van der Waals surface area contributed by atoms with E-state index >= 15 is 0 Å². The van der Waals surface area contributed by atoms with Gasteiger partial charge in [0, 0.05) is 13.1 Å². The maximum Gasteiger partial charge on any atom is 0.410 e. The first-order valence-electron chi connectivity index (χ1n) is 8.42. The molecule has 156 valence electrons. The minimum atomic E-state index is -4.56. The van der Waals surface area contributed by atoms with Gasteiger partial charge in [-0.25, -0.2) is 9.78 Å². The molecule has 0 unspecified atom stereocenters. The number of aromatic nitrogens is 2. The van der Waals surface area contributed by atoms with Gasteiger partial charge in [-0.05, 0) is 20.8 Å². The van der Waals surface area contributed by atoms with Crippen LogP contribution in [0.5, 0.6) is 0 Å². The molecule has 1 atom stereocenters. The van der Waals surface area contributed by atoms with Crippen LogP contribution in [0.2, 0.25) is 5.15 Å². The largest absolute Gasteiger partial charge is 0.444 e. The molecular weight excluding hydrogens is 403 g/mol. The van der Waals surface area contributed by atoms with Crippen molar-refractivity contribution in [2.24, 2.45) is 0 Å². The van der Waals surface area contributed by atoms with Crippen molar-refractivity contribution in [2.75, 3.05) is 31.1 Å². The van der Waals surface area contributed by atoms with Crippen LogP contribution < -0.4 is 10.2 Å². The Balaban J connectivity index is 2.21. The first kappa shape index (κ1) is 22.0. The number of hydrogen-bond acceptors (Lipinski definition) is 6. The molecule has 0 aliphatic carbocycles. The predicted molar refractivity (Wildman–Crippen MR) is 95.0 cm³/mol. The molecule has 1 saturated heterocycles. The number of anilines is 1. The lowest BCUT2D eigenvalue weighted by Gasteiger charge is -2.41. The zero-order valence-corrected chi connectivity index (χ0v) is 16.3. The summed E-state index contributed by atoms with van der Waals surface area (Å²) < 4.78 is 42.8. The molecule has 0 spiro atoms. The lowest BCUT2D eigenvalue weighted by Crippen LogP contribution is -2.61. The second-order valence-electron chi connectivity index (χ2n) is 7.17. The third-order valence-electron chi connectivity index (χ3n) is 3.68. The number of ether oxygens (including phenoxy) is 1. The summed E-state index contributed by atoms with van der Waals surface area (Å²) in [4.78, 5) is 35.5. The summed E-state index contributed by atoms with van der Waals surface area (Å²) in [6.07, 6.45) is -2.58. The van der Waals surface area contributed by atoms with E-state index in [4.69, 9.17) is 16.3 Å². The van der Waals surface area contributed by atoms with Crippen molar-refractivity contribution < 1.29 is 27.5 Å². The second kappa shape index (κ2) is 8.38. The average molecular weight is 424 g/mol. The fraction of sp³-hybridized carbons (Fsp3) is 0.625. The number of carbonyl (C=O) groups excluding carboxylic acids is 2. The minimum absolute atomic E-state index is 0.0709. The molecular formula is C16H21ClF3N5O3. The van der Waals surface area contributed by atoms with Crippen LogP contribution >= 0.6 is 11.6 Å². The smallest absolute Gasteiger partial charge is 0.410 e. The monoisotopic (exact) mass is 423 g/mol. The van der Waals surface area contributed by atoms with Crippen molar-refractivity contribution in [3.63, 3.8) is 0 Å². The van der Waals surface area contributed by atoms with Gasteiger partial charge in [0.2, 0.25) is 5.91 Å². The summed E-state index contributed by atoms with van der Waals surface area (Å²) in [6.45, 7) is 3.74. The number of hydrogen-bond donors (Lipinski definition) is 1. The topological polar surface area (TPSA) is 87.7 Å². The third kappa shape index (κ3) is 6.39. The summed E-state index contributed by atoms with van der Waals surface area (Å²) in [5.41, 5.74) is -0.749. The first-order valence-corrected chi connectivity index (χ1v) is 8.80. The SMILES string of the molecule is CC(C)(C)OC(=O)N1CCN(c2cncc(Cl)n2)[C@@H](C(=O)NCC(F)(F)F)C1. The van der Waals surface area contributed by atoms with Crippen LogP contribution in [-0.4, -0.2) is 70.9 Å². The minimum Gasteiger partial charge on any atom is -0.444 e. The maximum atomic E-state index is 12.5. The summed E-state index contributed by atoms with van der Waals surface area (Å²) in [5, 5.41) is 1.92. The molecule has 2 amide bonds. The van der Waals surface area contributed by atoms with Gasteiger partial charge in [-0.15, -0.1) is 0 Å². The highest BCUT2D eigenvalue weighted by molar-refractivity contribution is 6.29. The van der Waals surface area contributed by atoms with Crippen LogP contribution in [0.3, 0.4) is 0 Å². The number of halogens is 4. The molecule has 1 aliphatic rings. The van der Waals surface area contributed by atoms with Gasteiger partial charge < -0.3 is 19.9 Å². The number of piperazine rings is 1. The normalized spacial score (nSPS) is 18.0. The number of rotatable bonds is 3. The Hall–Kier alpha value is -2.30. The molecule has 28 heavy (non-hydrogen) atoms. The molecule has 2 heterocycles. The van der Waals surface area contributed by atoms with Crippen molar-refractivity contribution in [1.82, 2.24) is 20.2 Å². The van der Waals surface area contributed by atoms with Crippen LogP contribution in [0.1, 0.15) is 20.8 Å². The molecule has 8 nitrogen and oxygen atoms in total. The number of nitrogens with zero attached hydrogens (tertiary/aromatic N) is 4. The highest BCUT2D eigenvalue weighted by atomic mass is 35.5. The summed E-state index contributed by atoms with van der Waals surface area (Å²) in [5.74, 6) is -0.671. The van der Waals surface area contributed by atoms with E-state index in [2.05, 4.69) is 9.97 Å². The van der Waals surface area contributed by atoms with Crippen molar-refractivity contribution in [3.8, 4) is 0 Å². The standard InChI is InChI=1S/C16H21ClF3N5O3/c1-15(2,3)28-14(27)24-4-5-25(12-7-21-6-11(17)23-12)10(8-24)13(26)22-9-16(18,19)20/h6-7,10H,4-5,8-9H2,1-3H3,(H,22,26)/t10-/m1/s1. The Morgan fingerprint density at radius 3 is 2.54 bits per heavy atom. The maximum absolute atomic E-state index is 12.5. The van der Waals surface area contributed by atoms with Crippen LogP contribution in [0.25, 0.3) is 0 Å². The van der Waals surface area contributed by atoms with Crippen molar-refractivity contribution in [1.29, 1.82) is 0 Å². The summed E-state index contributed by atoms with van der Waals surface area (Å²) in [6, 6.07) is -1.11. The Morgan fingerprint density at radius 1 is 1.29 bits per heavy atom. The van der Waals surface area contributed by atoms with Gasteiger partial charge in [0.1, 0.15) is 29.2 Å². The number of carbonyl (C=O) groups is 2. The molecule has 0 aromatic carbocycles. The van der Waals surface area contributed by atoms with E-state index in [1.807, 2.05) is 5.32 Å². The third-order valence-corrected chi connectivity index (χ3v) is 3.87. The Kier molecular flexibility index (Phi) is 6.58. The molecule has 0 bridgehead atoms. The van der Waals surface area contributed by atoms with Crippen LogP contribution in [-0.2, 0) is 9.53 Å². The molecule has 1 N–H and O–H groups in total. The molecule has 1 aromatic rings. The Bertz CT molecular complexity index is 726. The van der Waals surface area contributed by atoms with Gasteiger partial charge in [0.25, 0.3) is 0 Å². The quantitative estimate of drug-likeness (QED) is 0.802. The van der Waals surface area contributed by atoms with Gasteiger partial charge in [-0.3, -0.25) is 9.78 Å². The van der Waals surface area contributed by atoms with E-state index in [-0.39, 0.29) is 30.6 Å². The summed E-state index contributed by atoms with van der Waals surface area (Å²) >= 11 is 5.83. The number of alkyl halides is 3. The van der Waals surface area contributed by atoms with E-state index in [0.29, 0.717) is 0 Å². The van der Waals surface area contributed by atoms with Crippen LogP contribution in [0.15, 0.2) is 12.4 Å². The van der Waals surface area contributed by atoms with Gasteiger partial charge in [-0.2, -0.15) is 13.2 Å². The first-order chi connectivity index (χ1) is 12.9. The Morgan fingerprint density at radius 2 is 1.96 bits per heavy atom. The molecule has 1 aliphatic heterocycles. The molecule has 1 aromatic heterocycles. The predicted octanol–water partition coefficient (Wildman–Crippen LogP) is 2.23. The fourth-order valence-electron chi connectivity index (χ4n) is 2.55. The van der Waals surface area contributed by atoms with Crippen LogP contribution in [0, 0.1) is 0 Å². The molecule has 2 rings (SSSR count). The van der Waals surface area contributed by atoms with E-state index in [9.17, 15) is 22.8 Å². The van der Waals surface area contributed by atoms with Crippen molar-refractivity contribution in [2.45, 2.75) is 38.6 Å². The van der Waals surface area contributed by atoms with E-state index in [1.54, 1.807) is 20.8 Å². The highest BCUT2D eigenvalue weighted by Crippen LogP contribution is 2.22. The number of amides is 2. The van der Waals surface area contributed by atoms with Gasteiger partial charge >= 0.3 is 12.3 Å². The molecule has 1 fully saturated rings. The molecule has 12 heteroatoms. The molecule has 0 saturated carbocycles. The van der Waals surface area contributed by atoms with E-state index in [1.165, 1.54) is 22.2 Å². The Labute approximate surface area is 165 Å².